The largest absolute Gasteiger partial charge is 0.508 e. The molecule has 0 saturated heterocycles. The normalized spacial score (nSPS) is 14.8. The van der Waals surface area contributed by atoms with E-state index in [4.69, 9.17) is 22.8 Å². The molecule has 0 aliphatic heterocycles. The first-order chi connectivity index (χ1) is 14.1. The van der Waals surface area contributed by atoms with Gasteiger partial charge < -0.3 is 19.8 Å². The fraction of sp³-hybridized carbons (Fsp3) is 0.562. The van der Waals surface area contributed by atoms with Gasteiger partial charge in [-0.1, -0.05) is 0 Å². The third-order valence-electron chi connectivity index (χ3n) is 3.17. The Balaban J connectivity index is 2.93. The zero-order chi connectivity index (χ0) is 22.8. The number of rotatable bonds is 14. The van der Waals surface area contributed by atoms with Crippen LogP contribution in [0, 0.1) is 0 Å². The van der Waals surface area contributed by atoms with E-state index in [1.54, 1.807) is 13.8 Å². The standard InChI is InChI=1S/C16H26O12P2/c1-4-24-29(20,21)27-11-13(28-30(22,25-5-2)26-6-3)10-23-16(19)14-9-12(17)7-8-15(14)18/h7-9,13,17-18H,4-6,10-11H2,1-3H3,(H,20,21). The molecule has 0 aromatic heterocycles. The molecule has 172 valence electrons. The van der Waals surface area contributed by atoms with E-state index in [0.29, 0.717) is 0 Å². The van der Waals surface area contributed by atoms with Crippen LogP contribution in [0.15, 0.2) is 18.2 Å². The van der Waals surface area contributed by atoms with Gasteiger partial charge in [-0.05, 0) is 39.0 Å². The van der Waals surface area contributed by atoms with Crippen molar-refractivity contribution in [1.82, 2.24) is 0 Å². The van der Waals surface area contributed by atoms with Crippen LogP contribution in [0.4, 0.5) is 0 Å². The van der Waals surface area contributed by atoms with Crippen molar-refractivity contribution in [3.8, 4) is 11.5 Å². The summed E-state index contributed by atoms with van der Waals surface area (Å²) in [5.74, 6) is -1.78. The van der Waals surface area contributed by atoms with Gasteiger partial charge in [-0.25, -0.2) is 13.9 Å². The summed E-state index contributed by atoms with van der Waals surface area (Å²) in [6.07, 6.45) is -1.36. The monoisotopic (exact) mass is 472 g/mol. The maximum Gasteiger partial charge on any atom is 0.475 e. The van der Waals surface area contributed by atoms with Crippen molar-refractivity contribution in [3.63, 3.8) is 0 Å². The van der Waals surface area contributed by atoms with E-state index < -0.39 is 46.7 Å². The molecule has 2 atom stereocenters. The van der Waals surface area contributed by atoms with Crippen LogP contribution in [-0.4, -0.2) is 60.2 Å². The molecular weight excluding hydrogens is 446 g/mol. The van der Waals surface area contributed by atoms with Gasteiger partial charge in [0.15, 0.2) is 0 Å². The summed E-state index contributed by atoms with van der Waals surface area (Å²) in [6, 6.07) is 3.23. The lowest BCUT2D eigenvalue weighted by Crippen LogP contribution is -2.27. The zero-order valence-corrected chi connectivity index (χ0v) is 18.5. The number of benzene rings is 1. The van der Waals surface area contributed by atoms with Crippen LogP contribution in [0.1, 0.15) is 31.1 Å². The van der Waals surface area contributed by atoms with Gasteiger partial charge in [0.05, 0.1) is 26.4 Å². The second-order valence-corrected chi connectivity index (χ2v) is 8.57. The van der Waals surface area contributed by atoms with E-state index >= 15 is 0 Å². The van der Waals surface area contributed by atoms with Gasteiger partial charge >= 0.3 is 21.6 Å². The molecule has 1 rings (SSSR count). The van der Waals surface area contributed by atoms with Crippen molar-refractivity contribution in [3.05, 3.63) is 23.8 Å². The molecule has 0 aliphatic rings. The Morgan fingerprint density at radius 1 is 0.967 bits per heavy atom. The Bertz CT molecular complexity index is 773. The van der Waals surface area contributed by atoms with Crippen molar-refractivity contribution in [2.24, 2.45) is 0 Å². The van der Waals surface area contributed by atoms with Gasteiger partial charge in [-0.15, -0.1) is 0 Å². The van der Waals surface area contributed by atoms with Gasteiger partial charge in [0.1, 0.15) is 29.8 Å². The number of phosphoric ester groups is 2. The number of ether oxygens (including phenoxy) is 1. The molecule has 1 aromatic rings. The van der Waals surface area contributed by atoms with Gasteiger partial charge in [0, 0.05) is 0 Å². The summed E-state index contributed by atoms with van der Waals surface area (Å²) in [6.45, 7) is 3.11. The molecule has 14 heteroatoms. The highest BCUT2D eigenvalue weighted by molar-refractivity contribution is 7.48. The van der Waals surface area contributed by atoms with Gasteiger partial charge in [-0.2, -0.15) is 0 Å². The molecule has 2 unspecified atom stereocenters. The number of esters is 1. The Morgan fingerprint density at radius 2 is 1.57 bits per heavy atom. The highest BCUT2D eigenvalue weighted by Gasteiger charge is 2.33. The van der Waals surface area contributed by atoms with E-state index in [1.807, 2.05) is 0 Å². The zero-order valence-electron chi connectivity index (χ0n) is 16.8. The summed E-state index contributed by atoms with van der Waals surface area (Å²) >= 11 is 0. The average Bonchev–Trinajstić information content (AvgIpc) is 2.66. The minimum Gasteiger partial charge on any atom is -0.508 e. The molecule has 0 spiro atoms. The Hall–Kier alpha value is -1.49. The Morgan fingerprint density at radius 3 is 2.13 bits per heavy atom. The quantitative estimate of drug-likeness (QED) is 0.206. The van der Waals surface area contributed by atoms with E-state index in [9.17, 15) is 29.0 Å². The molecule has 3 N–H and O–H groups in total. The molecule has 0 fully saturated rings. The van der Waals surface area contributed by atoms with Gasteiger partial charge in [0.25, 0.3) is 0 Å². The maximum absolute atomic E-state index is 12.6. The van der Waals surface area contributed by atoms with Crippen LogP contribution < -0.4 is 0 Å². The van der Waals surface area contributed by atoms with Crippen LogP contribution in [0.2, 0.25) is 0 Å². The summed E-state index contributed by atoms with van der Waals surface area (Å²) in [5, 5.41) is 19.2. The number of hydrogen-bond donors (Lipinski definition) is 3. The minimum absolute atomic E-state index is 0.0285. The van der Waals surface area contributed by atoms with E-state index in [-0.39, 0.29) is 31.1 Å². The fourth-order valence-corrected chi connectivity index (χ4v) is 4.09. The molecule has 12 nitrogen and oxygen atoms in total. The molecule has 0 amide bonds. The van der Waals surface area contributed by atoms with Crippen LogP contribution in [0.3, 0.4) is 0 Å². The number of phenolic OH excluding ortho intramolecular Hbond substituents is 2. The molecule has 1 aromatic carbocycles. The predicted molar refractivity (Wildman–Crippen MR) is 103 cm³/mol. The highest BCUT2D eigenvalue weighted by atomic mass is 31.2. The highest BCUT2D eigenvalue weighted by Crippen LogP contribution is 2.51. The number of phosphoric acid groups is 2. The third-order valence-corrected chi connectivity index (χ3v) is 5.93. The first-order valence-corrected chi connectivity index (χ1v) is 11.9. The molecule has 0 heterocycles. The number of aromatic hydroxyl groups is 2. The summed E-state index contributed by atoms with van der Waals surface area (Å²) in [5.41, 5.74) is -0.338. The Kier molecular flexibility index (Phi) is 11.0. The van der Waals surface area contributed by atoms with Crippen LogP contribution in [-0.2, 0) is 36.5 Å². The van der Waals surface area contributed by atoms with Crippen LogP contribution in [0.25, 0.3) is 0 Å². The van der Waals surface area contributed by atoms with Crippen molar-refractivity contribution in [2.75, 3.05) is 33.0 Å². The first kappa shape index (κ1) is 26.5. The summed E-state index contributed by atoms with van der Waals surface area (Å²) in [4.78, 5) is 21.7. The van der Waals surface area contributed by atoms with Crippen LogP contribution in [0.5, 0.6) is 11.5 Å². The molecule has 30 heavy (non-hydrogen) atoms. The second kappa shape index (κ2) is 12.4. The van der Waals surface area contributed by atoms with E-state index in [2.05, 4.69) is 4.52 Å². The third kappa shape index (κ3) is 9.11. The van der Waals surface area contributed by atoms with Gasteiger partial charge in [0.2, 0.25) is 0 Å². The maximum atomic E-state index is 12.6. The lowest BCUT2D eigenvalue weighted by Gasteiger charge is -2.23. The SMILES string of the molecule is CCOP(=O)(O)OCC(COC(=O)c1cc(O)ccc1O)OP(=O)(OCC)OCC. The van der Waals surface area contributed by atoms with Crippen molar-refractivity contribution in [2.45, 2.75) is 26.9 Å². The number of phenols is 2. The smallest absolute Gasteiger partial charge is 0.475 e. The fourth-order valence-electron chi connectivity index (χ4n) is 2.02. The van der Waals surface area contributed by atoms with Crippen molar-refractivity contribution < 1.29 is 56.4 Å². The molecular formula is C16H26O12P2. The minimum atomic E-state index is -4.43. The first-order valence-electron chi connectivity index (χ1n) is 8.94. The summed E-state index contributed by atoms with van der Waals surface area (Å²) in [7, 11) is -8.52. The molecule has 0 saturated carbocycles. The Labute approximate surface area is 173 Å². The van der Waals surface area contributed by atoms with Crippen LogP contribution >= 0.6 is 15.6 Å². The lowest BCUT2D eigenvalue weighted by atomic mass is 10.2. The second-order valence-electron chi connectivity index (χ2n) is 5.49. The number of carbonyl (C=O) groups is 1. The topological polar surface area (TPSA) is 167 Å². The average molecular weight is 472 g/mol. The summed E-state index contributed by atoms with van der Waals surface area (Å²) < 4.78 is 53.9. The van der Waals surface area contributed by atoms with Crippen molar-refractivity contribution >= 4 is 21.6 Å². The van der Waals surface area contributed by atoms with Gasteiger partial charge in [-0.3, -0.25) is 22.6 Å². The molecule has 0 aliphatic carbocycles. The number of hydrogen-bond acceptors (Lipinski definition) is 11. The number of carbonyl (C=O) groups excluding carboxylic acids is 1. The van der Waals surface area contributed by atoms with Crippen molar-refractivity contribution in [1.29, 1.82) is 0 Å². The predicted octanol–water partition coefficient (Wildman–Crippen LogP) is 2.97. The molecule has 0 radical (unpaired) electrons. The molecule has 0 bridgehead atoms. The lowest BCUT2D eigenvalue weighted by molar-refractivity contribution is -0.00228. The van der Waals surface area contributed by atoms with E-state index in [0.717, 1.165) is 12.1 Å². The van der Waals surface area contributed by atoms with E-state index in [1.165, 1.54) is 13.0 Å².